The normalized spacial score (nSPS) is 16.1. The highest BCUT2D eigenvalue weighted by molar-refractivity contribution is 7.16. The number of nitrogens with two attached hydrogens (primary N) is 1. The first-order valence-electron chi connectivity index (χ1n) is 7.60. The van der Waals surface area contributed by atoms with Gasteiger partial charge in [-0.2, -0.15) is 0 Å². The lowest BCUT2D eigenvalue weighted by atomic mass is 9.90. The number of hydrogen-bond donors (Lipinski definition) is 1. The van der Waals surface area contributed by atoms with Crippen molar-refractivity contribution in [3.63, 3.8) is 0 Å². The summed E-state index contributed by atoms with van der Waals surface area (Å²) in [6.45, 7) is 2.05. The molecule has 3 rings (SSSR count). The number of ether oxygens (including phenoxy) is 1. The van der Waals surface area contributed by atoms with Crippen LogP contribution in [0.3, 0.4) is 0 Å². The van der Waals surface area contributed by atoms with Crippen LogP contribution < -0.4 is 10.5 Å². The monoisotopic (exact) mass is 302 g/mol. The van der Waals surface area contributed by atoms with E-state index in [1.807, 2.05) is 19.1 Å². The summed E-state index contributed by atoms with van der Waals surface area (Å²) < 4.78 is 5.32. The van der Waals surface area contributed by atoms with Gasteiger partial charge in [0.15, 0.2) is 0 Å². The van der Waals surface area contributed by atoms with Crippen molar-refractivity contribution < 1.29 is 4.74 Å². The van der Waals surface area contributed by atoms with E-state index in [1.54, 1.807) is 18.4 Å². The molecule has 1 saturated carbocycles. The first-order valence-corrected chi connectivity index (χ1v) is 8.42. The standard InChI is InChI=1S/C17H22N2OS/c1-11-10-13(8-9-14(11)20-2)15-16(18)21-17(19-15)12-6-4-3-5-7-12/h8-10,12H,3-7,18H2,1-2H3. The molecular formula is C17H22N2OS. The number of nitrogens with zero attached hydrogens (tertiary/aromatic N) is 1. The summed E-state index contributed by atoms with van der Waals surface area (Å²) >= 11 is 1.67. The minimum atomic E-state index is 0.610. The molecule has 4 heteroatoms. The van der Waals surface area contributed by atoms with Crippen LogP contribution in [0.5, 0.6) is 5.75 Å². The lowest BCUT2D eigenvalue weighted by Crippen LogP contribution is -2.03. The lowest BCUT2D eigenvalue weighted by molar-refractivity contribution is 0.412. The summed E-state index contributed by atoms with van der Waals surface area (Å²) in [4.78, 5) is 4.85. The Morgan fingerprint density at radius 1 is 1.24 bits per heavy atom. The van der Waals surface area contributed by atoms with E-state index >= 15 is 0 Å². The summed E-state index contributed by atoms with van der Waals surface area (Å²) in [5.74, 6) is 1.51. The third-order valence-corrected chi connectivity index (χ3v) is 5.34. The van der Waals surface area contributed by atoms with Crippen LogP contribution >= 0.6 is 11.3 Å². The molecular weight excluding hydrogens is 280 g/mol. The van der Waals surface area contributed by atoms with Crippen LogP contribution in [0.15, 0.2) is 18.2 Å². The predicted octanol–water partition coefficient (Wildman–Crippen LogP) is 4.76. The fourth-order valence-electron chi connectivity index (χ4n) is 3.11. The van der Waals surface area contributed by atoms with Gasteiger partial charge in [-0.3, -0.25) is 0 Å². The molecule has 0 unspecified atom stereocenters. The smallest absolute Gasteiger partial charge is 0.121 e. The first-order chi connectivity index (χ1) is 10.2. The van der Waals surface area contributed by atoms with Crippen molar-refractivity contribution in [2.45, 2.75) is 44.9 Å². The molecule has 21 heavy (non-hydrogen) atoms. The maximum absolute atomic E-state index is 6.23. The van der Waals surface area contributed by atoms with E-state index in [-0.39, 0.29) is 0 Å². The molecule has 1 heterocycles. The van der Waals surface area contributed by atoms with Crippen molar-refractivity contribution in [2.24, 2.45) is 0 Å². The highest BCUT2D eigenvalue weighted by atomic mass is 32.1. The number of nitrogen functional groups attached to an aromatic ring is 1. The van der Waals surface area contributed by atoms with Crippen molar-refractivity contribution >= 4 is 16.3 Å². The van der Waals surface area contributed by atoms with Crippen LogP contribution in [-0.4, -0.2) is 12.1 Å². The second-order valence-electron chi connectivity index (χ2n) is 5.78. The van der Waals surface area contributed by atoms with Gasteiger partial charge >= 0.3 is 0 Å². The number of hydrogen-bond acceptors (Lipinski definition) is 4. The minimum absolute atomic E-state index is 0.610. The molecule has 0 bridgehead atoms. The van der Waals surface area contributed by atoms with E-state index in [9.17, 15) is 0 Å². The van der Waals surface area contributed by atoms with Gasteiger partial charge in [-0.05, 0) is 43.5 Å². The van der Waals surface area contributed by atoms with E-state index in [1.165, 1.54) is 37.1 Å². The Balaban J connectivity index is 1.91. The average molecular weight is 302 g/mol. The number of methoxy groups -OCH3 is 1. The maximum atomic E-state index is 6.23. The minimum Gasteiger partial charge on any atom is -0.496 e. The topological polar surface area (TPSA) is 48.1 Å². The zero-order valence-electron chi connectivity index (χ0n) is 12.7. The second-order valence-corrected chi connectivity index (χ2v) is 6.85. The van der Waals surface area contributed by atoms with Gasteiger partial charge in [-0.25, -0.2) is 4.98 Å². The summed E-state index contributed by atoms with van der Waals surface area (Å²) in [5, 5.41) is 2.05. The average Bonchev–Trinajstić information content (AvgIpc) is 2.90. The van der Waals surface area contributed by atoms with Gasteiger partial charge < -0.3 is 10.5 Å². The lowest BCUT2D eigenvalue weighted by Gasteiger charge is -2.18. The number of rotatable bonds is 3. The quantitative estimate of drug-likeness (QED) is 0.889. The first kappa shape index (κ1) is 14.4. The van der Waals surface area contributed by atoms with Gasteiger partial charge in [-0.1, -0.05) is 19.3 Å². The van der Waals surface area contributed by atoms with E-state index < -0.39 is 0 Å². The molecule has 0 atom stereocenters. The van der Waals surface area contributed by atoms with Gasteiger partial charge in [0.05, 0.1) is 12.1 Å². The van der Waals surface area contributed by atoms with Gasteiger partial charge in [0.1, 0.15) is 16.4 Å². The van der Waals surface area contributed by atoms with Gasteiger partial charge in [0.2, 0.25) is 0 Å². The molecule has 1 aromatic heterocycles. The van der Waals surface area contributed by atoms with E-state index in [0.29, 0.717) is 5.92 Å². The third kappa shape index (κ3) is 2.91. The number of benzene rings is 1. The molecule has 0 radical (unpaired) electrons. The van der Waals surface area contributed by atoms with Crippen LogP contribution in [0.4, 0.5) is 5.00 Å². The Morgan fingerprint density at radius 3 is 2.67 bits per heavy atom. The fourth-order valence-corrected chi connectivity index (χ4v) is 4.13. The number of thiazole rings is 1. The van der Waals surface area contributed by atoms with Crippen LogP contribution in [-0.2, 0) is 0 Å². The van der Waals surface area contributed by atoms with Crippen LogP contribution in [0.2, 0.25) is 0 Å². The Hall–Kier alpha value is -1.55. The van der Waals surface area contributed by atoms with Crippen molar-refractivity contribution in [2.75, 3.05) is 12.8 Å². The molecule has 2 aromatic rings. The number of aromatic nitrogens is 1. The molecule has 3 nitrogen and oxygen atoms in total. The molecule has 1 aliphatic carbocycles. The molecule has 1 fully saturated rings. The molecule has 0 aliphatic heterocycles. The third-order valence-electron chi connectivity index (χ3n) is 4.29. The molecule has 1 aliphatic rings. The summed E-state index contributed by atoms with van der Waals surface area (Å²) in [6.07, 6.45) is 6.52. The molecule has 2 N–H and O–H groups in total. The Bertz CT molecular complexity index is 630. The number of aryl methyl sites for hydroxylation is 1. The maximum Gasteiger partial charge on any atom is 0.121 e. The SMILES string of the molecule is COc1ccc(-c2nc(C3CCCCC3)sc2N)cc1C. The summed E-state index contributed by atoms with van der Waals surface area (Å²) in [6, 6.07) is 6.14. The van der Waals surface area contributed by atoms with Crippen molar-refractivity contribution in [1.29, 1.82) is 0 Å². The summed E-state index contributed by atoms with van der Waals surface area (Å²) in [7, 11) is 1.69. The largest absolute Gasteiger partial charge is 0.496 e. The highest BCUT2D eigenvalue weighted by Gasteiger charge is 2.21. The van der Waals surface area contributed by atoms with Gasteiger partial charge in [-0.15, -0.1) is 11.3 Å². The Kier molecular flexibility index (Phi) is 4.15. The zero-order chi connectivity index (χ0) is 14.8. The second kappa shape index (κ2) is 6.06. The Morgan fingerprint density at radius 2 is 2.00 bits per heavy atom. The molecule has 1 aromatic carbocycles. The van der Waals surface area contributed by atoms with Crippen molar-refractivity contribution in [1.82, 2.24) is 4.98 Å². The van der Waals surface area contributed by atoms with E-state index in [4.69, 9.17) is 15.5 Å². The molecule has 112 valence electrons. The summed E-state index contributed by atoms with van der Waals surface area (Å²) in [5.41, 5.74) is 9.36. The van der Waals surface area contributed by atoms with E-state index in [2.05, 4.69) is 6.07 Å². The zero-order valence-corrected chi connectivity index (χ0v) is 13.5. The van der Waals surface area contributed by atoms with Gasteiger partial charge in [0, 0.05) is 11.5 Å². The molecule has 0 spiro atoms. The Labute approximate surface area is 130 Å². The van der Waals surface area contributed by atoms with Crippen LogP contribution in [0.25, 0.3) is 11.3 Å². The van der Waals surface area contributed by atoms with Crippen molar-refractivity contribution in [3.8, 4) is 17.0 Å². The predicted molar refractivity (Wildman–Crippen MR) is 89.1 cm³/mol. The van der Waals surface area contributed by atoms with Gasteiger partial charge in [0.25, 0.3) is 0 Å². The van der Waals surface area contributed by atoms with Crippen LogP contribution in [0, 0.1) is 6.92 Å². The molecule has 0 amide bonds. The van der Waals surface area contributed by atoms with E-state index in [0.717, 1.165) is 27.6 Å². The molecule has 0 saturated heterocycles. The highest BCUT2D eigenvalue weighted by Crippen LogP contribution is 2.40. The fraction of sp³-hybridized carbons (Fsp3) is 0.471. The number of anilines is 1. The van der Waals surface area contributed by atoms with Crippen LogP contribution in [0.1, 0.15) is 48.6 Å². The van der Waals surface area contributed by atoms with Crippen molar-refractivity contribution in [3.05, 3.63) is 28.8 Å².